The number of carboxylic acids is 1. The van der Waals surface area contributed by atoms with Gasteiger partial charge in [0.1, 0.15) is 11.6 Å². The van der Waals surface area contributed by atoms with Crippen LogP contribution in [-0.4, -0.2) is 71.4 Å². The number of rotatable bonds is 6. The fraction of sp³-hybridized carbons (Fsp3) is 0.375. The van der Waals surface area contributed by atoms with Gasteiger partial charge in [0.2, 0.25) is 5.91 Å². The molecule has 7 rings (SSSR count). The van der Waals surface area contributed by atoms with Crippen molar-refractivity contribution >= 4 is 56.0 Å². The van der Waals surface area contributed by atoms with E-state index in [2.05, 4.69) is 26.0 Å². The zero-order valence-corrected chi connectivity index (χ0v) is 26.1. The van der Waals surface area contributed by atoms with Gasteiger partial charge in [-0.15, -0.1) is 13.2 Å². The van der Waals surface area contributed by atoms with E-state index >= 15 is 0 Å². The van der Waals surface area contributed by atoms with Crippen LogP contribution in [0.2, 0.25) is 0 Å². The quantitative estimate of drug-likeness (QED) is 0.343. The molecule has 13 heteroatoms. The first-order chi connectivity index (χ1) is 21.2. The lowest BCUT2D eigenvalue weighted by Gasteiger charge is -2.51. The van der Waals surface area contributed by atoms with Crippen molar-refractivity contribution in [1.82, 2.24) is 15.2 Å². The number of carbonyl (C=O) groups is 3. The van der Waals surface area contributed by atoms with Gasteiger partial charge in [0.25, 0.3) is 5.91 Å². The third kappa shape index (κ3) is 5.51. The number of alkyl halides is 3. The molecular formula is C32H30BrF3N4O5. The number of hydrogen-bond acceptors (Lipinski definition) is 6. The lowest BCUT2D eigenvalue weighted by atomic mass is 9.57. The second-order valence-corrected chi connectivity index (χ2v) is 12.8. The van der Waals surface area contributed by atoms with Crippen LogP contribution in [0.5, 0.6) is 5.75 Å². The summed E-state index contributed by atoms with van der Waals surface area (Å²) in [6.07, 6.45) is -2.69. The Hall–Kier alpha value is -4.13. The maximum absolute atomic E-state index is 14.5. The summed E-state index contributed by atoms with van der Waals surface area (Å²) in [6, 6.07) is 10.9. The van der Waals surface area contributed by atoms with Crippen molar-refractivity contribution in [3.63, 3.8) is 0 Å². The minimum Gasteiger partial charge on any atom is -0.481 e. The van der Waals surface area contributed by atoms with Gasteiger partial charge >= 0.3 is 12.3 Å². The number of anilines is 1. The molecule has 2 amide bonds. The number of likely N-dealkylation sites (N-methyl/N-ethyl adjacent to an activating group) is 1. The Morgan fingerprint density at radius 1 is 1.09 bits per heavy atom. The number of para-hydroxylation sites is 1. The number of carbonyl (C=O) groups excluding carboxylic acids is 2. The van der Waals surface area contributed by atoms with E-state index in [1.807, 2.05) is 4.90 Å². The molecule has 0 atom stereocenters. The van der Waals surface area contributed by atoms with Crippen molar-refractivity contribution in [3.05, 3.63) is 69.7 Å². The van der Waals surface area contributed by atoms with E-state index in [1.165, 1.54) is 24.3 Å². The number of nitrogens with one attached hydrogen (secondary N) is 1. The van der Waals surface area contributed by atoms with E-state index < -0.39 is 34.9 Å². The van der Waals surface area contributed by atoms with Crippen LogP contribution in [-0.2, 0) is 9.59 Å². The van der Waals surface area contributed by atoms with Gasteiger partial charge in [-0.2, -0.15) is 0 Å². The average molecular weight is 688 g/mol. The Balaban J connectivity index is 1.47. The Kier molecular flexibility index (Phi) is 7.57. The molecule has 9 nitrogen and oxygen atoms in total. The van der Waals surface area contributed by atoms with Crippen molar-refractivity contribution in [3.8, 4) is 5.75 Å². The SMILES string of the molecule is Cc1c(N2CCN(C)C(=O)C2)nc2ccc(Br)cc2c1C(=O)NC12CCC(C(=O)O)(C=C1c1ccccc1OC(F)(F)F)CC2. The molecule has 3 aliphatic carbocycles. The maximum atomic E-state index is 14.5. The number of fused-ring (bicyclic) bond motifs is 3. The zero-order chi connectivity index (χ0) is 32.3. The highest BCUT2D eigenvalue weighted by Gasteiger charge is 2.54. The first-order valence-electron chi connectivity index (χ1n) is 14.5. The van der Waals surface area contributed by atoms with Gasteiger partial charge in [-0.25, -0.2) is 4.98 Å². The van der Waals surface area contributed by atoms with Gasteiger partial charge in [0.05, 0.1) is 28.6 Å². The van der Waals surface area contributed by atoms with E-state index in [0.29, 0.717) is 45.4 Å². The summed E-state index contributed by atoms with van der Waals surface area (Å²) in [5.41, 5.74) is -0.713. The van der Waals surface area contributed by atoms with Crippen molar-refractivity contribution in [1.29, 1.82) is 0 Å². The molecule has 0 spiro atoms. The number of carboxylic acid groups (broad SMARTS) is 1. The molecule has 2 heterocycles. The molecule has 2 N–H and O–H groups in total. The molecule has 2 aromatic carbocycles. The average Bonchev–Trinajstić information content (AvgIpc) is 2.98. The molecule has 1 aliphatic heterocycles. The lowest BCUT2D eigenvalue weighted by Crippen LogP contribution is -2.57. The van der Waals surface area contributed by atoms with Gasteiger partial charge < -0.3 is 25.0 Å². The van der Waals surface area contributed by atoms with E-state index in [-0.39, 0.29) is 49.3 Å². The van der Waals surface area contributed by atoms with Crippen molar-refractivity contribution < 1.29 is 37.4 Å². The minimum absolute atomic E-state index is 0.0656. The smallest absolute Gasteiger partial charge is 0.481 e. The summed E-state index contributed by atoms with van der Waals surface area (Å²) in [5.74, 6) is -1.62. The highest BCUT2D eigenvalue weighted by Crippen LogP contribution is 2.56. The molecule has 45 heavy (non-hydrogen) atoms. The Morgan fingerprint density at radius 3 is 2.47 bits per heavy atom. The number of hydrogen-bond donors (Lipinski definition) is 2. The largest absolute Gasteiger partial charge is 0.573 e. The fourth-order valence-electron chi connectivity index (χ4n) is 6.79. The number of pyridine rings is 1. The molecule has 1 saturated heterocycles. The van der Waals surface area contributed by atoms with Gasteiger partial charge in [-0.3, -0.25) is 14.4 Å². The second-order valence-electron chi connectivity index (χ2n) is 11.9. The van der Waals surface area contributed by atoms with Crippen LogP contribution >= 0.6 is 15.9 Å². The van der Waals surface area contributed by atoms with Crippen LogP contribution < -0.4 is 15.0 Å². The number of ether oxygens (including phenoxy) is 1. The highest BCUT2D eigenvalue weighted by molar-refractivity contribution is 9.10. The number of piperazine rings is 1. The van der Waals surface area contributed by atoms with Crippen molar-refractivity contribution in [2.24, 2.45) is 5.41 Å². The molecule has 236 valence electrons. The number of aromatic nitrogens is 1. The Labute approximate surface area is 265 Å². The van der Waals surface area contributed by atoms with Crippen LogP contribution in [0.1, 0.15) is 47.2 Å². The van der Waals surface area contributed by atoms with Gasteiger partial charge in [-0.05, 0) is 62.4 Å². The van der Waals surface area contributed by atoms with Gasteiger partial charge in [-0.1, -0.05) is 40.2 Å². The van der Waals surface area contributed by atoms with Gasteiger partial charge in [0.15, 0.2) is 0 Å². The van der Waals surface area contributed by atoms with E-state index in [9.17, 15) is 32.7 Å². The van der Waals surface area contributed by atoms with E-state index in [1.54, 1.807) is 43.1 Å². The minimum atomic E-state index is -4.98. The summed E-state index contributed by atoms with van der Waals surface area (Å²) in [7, 11) is 1.73. The van der Waals surface area contributed by atoms with Crippen LogP contribution in [0.25, 0.3) is 16.5 Å². The number of amides is 2. The number of benzene rings is 2. The predicted octanol–water partition coefficient (Wildman–Crippen LogP) is 5.69. The molecule has 2 fully saturated rings. The molecule has 1 aromatic heterocycles. The summed E-state index contributed by atoms with van der Waals surface area (Å²) in [5, 5.41) is 13.9. The molecule has 2 bridgehead atoms. The lowest BCUT2D eigenvalue weighted by molar-refractivity contribution is -0.274. The first-order valence-corrected chi connectivity index (χ1v) is 15.2. The topological polar surface area (TPSA) is 112 Å². The molecule has 0 radical (unpaired) electrons. The van der Waals surface area contributed by atoms with Crippen molar-refractivity contribution in [2.45, 2.75) is 44.5 Å². The Bertz CT molecular complexity index is 1770. The summed E-state index contributed by atoms with van der Waals surface area (Å²) < 4.78 is 45.4. The van der Waals surface area contributed by atoms with Crippen molar-refractivity contribution in [2.75, 3.05) is 31.6 Å². The molecule has 0 unspecified atom stereocenters. The van der Waals surface area contributed by atoms with Crippen LogP contribution in [0.4, 0.5) is 19.0 Å². The Morgan fingerprint density at radius 2 is 1.80 bits per heavy atom. The highest BCUT2D eigenvalue weighted by atomic mass is 79.9. The standard InChI is InChI=1S/C32H30BrF3N4O5/c1-18-26(21-15-19(33)7-8-23(21)37-27(18)40-14-13-39(2)25(41)17-40)28(42)38-31-11-9-30(10-12-31,29(43)44)16-22(31)20-5-3-4-6-24(20)45-32(34,35)36/h3-8,15-16H,9-14,17H2,1-2H3,(H,38,42)(H,43,44). The third-order valence-corrected chi connectivity index (χ3v) is 9.76. The molecule has 1 saturated carbocycles. The normalized spacial score (nSPS) is 23.2. The van der Waals surface area contributed by atoms with Crippen LogP contribution in [0, 0.1) is 12.3 Å². The summed E-state index contributed by atoms with van der Waals surface area (Å²) in [6.45, 7) is 2.86. The first kappa shape index (κ1) is 30.9. The number of halogens is 4. The van der Waals surface area contributed by atoms with Crippen LogP contribution in [0.15, 0.2) is 53.0 Å². The van der Waals surface area contributed by atoms with Gasteiger partial charge in [0, 0.05) is 41.1 Å². The fourth-order valence-corrected chi connectivity index (χ4v) is 7.16. The molecule has 3 aromatic rings. The predicted molar refractivity (Wildman–Crippen MR) is 164 cm³/mol. The zero-order valence-electron chi connectivity index (χ0n) is 24.5. The summed E-state index contributed by atoms with van der Waals surface area (Å²) in [4.78, 5) is 47.8. The second kappa shape index (κ2) is 11.0. The van der Waals surface area contributed by atoms with E-state index in [0.717, 1.165) is 0 Å². The van der Waals surface area contributed by atoms with Crippen LogP contribution in [0.3, 0.4) is 0 Å². The summed E-state index contributed by atoms with van der Waals surface area (Å²) >= 11 is 3.48. The molecular weight excluding hydrogens is 657 g/mol. The third-order valence-electron chi connectivity index (χ3n) is 9.26. The molecule has 4 aliphatic rings. The van der Waals surface area contributed by atoms with E-state index in [4.69, 9.17) is 4.98 Å². The monoisotopic (exact) mass is 686 g/mol. The number of nitrogens with zero attached hydrogens (tertiary/aromatic N) is 3. The maximum Gasteiger partial charge on any atom is 0.573 e. The number of aliphatic carboxylic acids is 1.